The van der Waals surface area contributed by atoms with Crippen molar-refractivity contribution < 1.29 is 49.3 Å². The molecule has 0 aliphatic carbocycles. The zero-order valence-corrected chi connectivity index (χ0v) is 61.2. The second-order valence-electron chi connectivity index (χ2n) is 27.7. The highest BCUT2D eigenvalue weighted by atomic mass is 16.7. The molecule has 11 nitrogen and oxygen atoms in total. The van der Waals surface area contributed by atoms with Gasteiger partial charge in [0.25, 0.3) is 0 Å². The molecule has 0 spiro atoms. The van der Waals surface area contributed by atoms with Crippen LogP contribution in [0.4, 0.5) is 0 Å². The number of ether oxygens (including phenoxy) is 3. The Balaban J connectivity index is 1.87. The Hall–Kier alpha value is -2.90. The minimum atomic E-state index is -1.58. The van der Waals surface area contributed by atoms with Crippen molar-refractivity contribution in [1.29, 1.82) is 0 Å². The van der Waals surface area contributed by atoms with E-state index in [-0.39, 0.29) is 18.5 Å². The monoisotopic (exact) mass is 1320 g/mol. The summed E-state index contributed by atoms with van der Waals surface area (Å²) in [4.78, 5) is 25.2. The van der Waals surface area contributed by atoms with Gasteiger partial charge in [0.05, 0.1) is 32.0 Å². The predicted molar refractivity (Wildman–Crippen MR) is 398 cm³/mol. The molecule has 0 bridgehead atoms. The quantitative estimate of drug-likeness (QED) is 0.0195. The van der Waals surface area contributed by atoms with Gasteiger partial charge in [-0.15, -0.1) is 0 Å². The van der Waals surface area contributed by atoms with E-state index in [0.29, 0.717) is 19.4 Å². The molecule has 0 aromatic carbocycles. The minimum absolute atomic E-state index is 0.00860. The van der Waals surface area contributed by atoms with Gasteiger partial charge in [-0.3, -0.25) is 9.59 Å². The summed E-state index contributed by atoms with van der Waals surface area (Å²) in [5.74, 6) is -0.182. The molecule has 1 heterocycles. The molecule has 0 aromatic rings. The van der Waals surface area contributed by atoms with Crippen LogP contribution in [0.3, 0.4) is 0 Å². The van der Waals surface area contributed by atoms with Crippen molar-refractivity contribution >= 4 is 11.9 Å². The maximum absolute atomic E-state index is 13.0. The highest BCUT2D eigenvalue weighted by Gasteiger charge is 2.44. The summed E-state index contributed by atoms with van der Waals surface area (Å²) < 4.78 is 16.7. The zero-order chi connectivity index (χ0) is 67.9. The normalized spacial score (nSPS) is 17.8. The second kappa shape index (κ2) is 71.4. The molecule has 11 heteroatoms. The lowest BCUT2D eigenvalue weighted by Crippen LogP contribution is -2.60. The number of carbonyl (C=O) groups is 2. The Morgan fingerprint density at radius 3 is 1.14 bits per heavy atom. The van der Waals surface area contributed by atoms with Crippen LogP contribution < -0.4 is 5.32 Å². The molecule has 1 fully saturated rings. The number of nitrogens with one attached hydrogen (secondary N) is 1. The van der Waals surface area contributed by atoms with E-state index in [0.717, 1.165) is 70.6 Å². The van der Waals surface area contributed by atoms with Crippen LogP contribution >= 0.6 is 0 Å². The van der Waals surface area contributed by atoms with Gasteiger partial charge in [0.2, 0.25) is 5.91 Å². The minimum Gasteiger partial charge on any atom is -0.466 e. The number of amides is 1. The Kier molecular flexibility index (Phi) is 67.7. The second-order valence-corrected chi connectivity index (χ2v) is 27.7. The molecule has 1 amide bonds. The maximum Gasteiger partial charge on any atom is 0.305 e. The molecule has 1 saturated heterocycles. The van der Waals surface area contributed by atoms with Gasteiger partial charge in [0.1, 0.15) is 24.4 Å². The van der Waals surface area contributed by atoms with Gasteiger partial charge < -0.3 is 45.1 Å². The predicted octanol–water partition coefficient (Wildman–Crippen LogP) is 21.8. The summed E-state index contributed by atoms with van der Waals surface area (Å²) in [6.07, 6.45) is 88.1. The standard InChI is InChI=1S/C83H151NO10/c1-3-5-7-9-11-13-15-16-17-18-38-42-45-48-51-55-59-63-67-71-79(88)92-72-68-64-60-56-52-49-46-43-40-37-35-33-31-29-27-25-23-21-19-20-22-24-26-28-30-32-34-36-39-41-44-47-50-54-58-62-66-70-78(87)84-75(74-93-83-82(91)81(90)80(89)77(73-85)94-83)76(86)69-65-61-57-53-14-12-10-8-6-4-2/h11,13-14,16-17,19,21,25,27,53,65,69,75-77,80-83,85-86,89-91H,3-10,12,15,18,20,22-24,26,28-52,54-64,66-68,70-74H2,1-2H3,(H,84,87)/b13-11-,17-16-,21-19-,27-25-,53-14+,69-65+. The van der Waals surface area contributed by atoms with Gasteiger partial charge in [0, 0.05) is 12.8 Å². The molecule has 7 unspecified atom stereocenters. The Morgan fingerprint density at radius 2 is 0.723 bits per heavy atom. The molecule has 0 radical (unpaired) electrons. The van der Waals surface area contributed by atoms with Crippen molar-refractivity contribution in [2.45, 2.75) is 423 Å². The number of aliphatic hydroxyl groups is 5. The van der Waals surface area contributed by atoms with Gasteiger partial charge >= 0.3 is 5.97 Å². The van der Waals surface area contributed by atoms with Crippen LogP contribution in [-0.4, -0.2) is 100 Å². The number of aliphatic hydroxyl groups excluding tert-OH is 5. The van der Waals surface area contributed by atoms with E-state index in [2.05, 4.69) is 79.9 Å². The highest BCUT2D eigenvalue weighted by molar-refractivity contribution is 5.76. The average molecular weight is 1320 g/mol. The largest absolute Gasteiger partial charge is 0.466 e. The molecular weight excluding hydrogens is 1170 g/mol. The number of hydrogen-bond acceptors (Lipinski definition) is 10. The van der Waals surface area contributed by atoms with Crippen LogP contribution in [0.1, 0.15) is 380 Å². The smallest absolute Gasteiger partial charge is 0.305 e. The highest BCUT2D eigenvalue weighted by Crippen LogP contribution is 2.24. The summed E-state index contributed by atoms with van der Waals surface area (Å²) in [6.45, 7) is 4.30. The lowest BCUT2D eigenvalue weighted by Gasteiger charge is -2.40. The van der Waals surface area contributed by atoms with E-state index in [1.807, 2.05) is 6.08 Å². The Labute approximate surface area is 579 Å². The fraction of sp³-hybridized carbons (Fsp3) is 0.831. The summed E-state index contributed by atoms with van der Waals surface area (Å²) in [6, 6.07) is -0.826. The van der Waals surface area contributed by atoms with E-state index < -0.39 is 49.5 Å². The van der Waals surface area contributed by atoms with Crippen molar-refractivity contribution in [2.24, 2.45) is 0 Å². The lowest BCUT2D eigenvalue weighted by atomic mass is 9.99. The number of esters is 1. The lowest BCUT2D eigenvalue weighted by molar-refractivity contribution is -0.302. The molecule has 0 aromatic heterocycles. The molecule has 94 heavy (non-hydrogen) atoms. The average Bonchev–Trinajstić information content (AvgIpc) is 1.07. The van der Waals surface area contributed by atoms with Crippen molar-refractivity contribution in [3.63, 3.8) is 0 Å². The van der Waals surface area contributed by atoms with Gasteiger partial charge in [-0.1, -0.05) is 331 Å². The summed E-state index contributed by atoms with van der Waals surface area (Å²) >= 11 is 0. The molecule has 7 atom stereocenters. The molecule has 1 aliphatic rings. The van der Waals surface area contributed by atoms with Crippen LogP contribution in [0.5, 0.6) is 0 Å². The van der Waals surface area contributed by atoms with E-state index in [9.17, 15) is 35.1 Å². The molecule has 0 saturated carbocycles. The van der Waals surface area contributed by atoms with Crippen molar-refractivity contribution in [3.05, 3.63) is 72.9 Å². The van der Waals surface area contributed by atoms with Crippen LogP contribution in [0.15, 0.2) is 72.9 Å². The molecule has 1 rings (SSSR count). The Bertz CT molecular complexity index is 1790. The first-order chi connectivity index (χ1) is 46.2. The maximum atomic E-state index is 13.0. The third-order valence-electron chi connectivity index (χ3n) is 18.8. The Morgan fingerprint density at radius 1 is 0.394 bits per heavy atom. The summed E-state index contributed by atoms with van der Waals surface area (Å²) in [7, 11) is 0. The van der Waals surface area contributed by atoms with Crippen molar-refractivity contribution in [1.82, 2.24) is 5.32 Å². The van der Waals surface area contributed by atoms with E-state index in [1.54, 1.807) is 6.08 Å². The topological polar surface area (TPSA) is 175 Å². The van der Waals surface area contributed by atoms with Crippen LogP contribution in [0, 0.1) is 0 Å². The van der Waals surface area contributed by atoms with Crippen LogP contribution in [0.25, 0.3) is 0 Å². The first-order valence-corrected chi connectivity index (χ1v) is 40.2. The van der Waals surface area contributed by atoms with E-state index >= 15 is 0 Å². The number of carbonyl (C=O) groups excluding carboxylic acids is 2. The SMILES string of the molecule is CCCCC/C=C\C/C=C\CCCCCCCCCCCC(=O)OCCCCCCCCCCCCCCC/C=C\C/C=C\CCCCCCCCCCCCCCCCCCCC(=O)NC(COC1OC(CO)C(O)C(O)C1O)C(O)/C=C/CC/C=C/CCCCCC. The van der Waals surface area contributed by atoms with E-state index in [1.165, 1.54) is 283 Å². The first kappa shape index (κ1) is 89.1. The van der Waals surface area contributed by atoms with Crippen LogP contribution in [0.2, 0.25) is 0 Å². The third kappa shape index (κ3) is 59.2. The van der Waals surface area contributed by atoms with Gasteiger partial charge in [-0.2, -0.15) is 0 Å². The number of hydrogen-bond donors (Lipinski definition) is 6. The number of unbranched alkanes of at least 4 members (excludes halogenated alkanes) is 47. The first-order valence-electron chi connectivity index (χ1n) is 40.2. The van der Waals surface area contributed by atoms with Crippen molar-refractivity contribution in [2.75, 3.05) is 19.8 Å². The van der Waals surface area contributed by atoms with Crippen LogP contribution in [-0.2, 0) is 23.8 Å². The summed E-state index contributed by atoms with van der Waals surface area (Å²) in [5.41, 5.74) is 0. The van der Waals surface area contributed by atoms with Crippen molar-refractivity contribution in [3.8, 4) is 0 Å². The van der Waals surface area contributed by atoms with Gasteiger partial charge in [-0.25, -0.2) is 0 Å². The van der Waals surface area contributed by atoms with Gasteiger partial charge in [0.15, 0.2) is 6.29 Å². The molecule has 6 N–H and O–H groups in total. The fourth-order valence-electron chi connectivity index (χ4n) is 12.5. The zero-order valence-electron chi connectivity index (χ0n) is 61.2. The molecule has 1 aliphatic heterocycles. The van der Waals surface area contributed by atoms with E-state index in [4.69, 9.17) is 14.2 Å². The third-order valence-corrected chi connectivity index (χ3v) is 18.8. The summed E-state index contributed by atoms with van der Waals surface area (Å²) in [5, 5.41) is 54.4. The molecule has 548 valence electrons. The number of rotatable bonds is 71. The molecular formula is C83H151NO10. The number of allylic oxidation sites excluding steroid dienone is 11. The van der Waals surface area contributed by atoms with Gasteiger partial charge in [-0.05, 0) is 109 Å². The fourth-order valence-corrected chi connectivity index (χ4v) is 12.5.